The Hall–Kier alpha value is -2.67. The number of hydrogen-bond donors (Lipinski definition) is 1. The van der Waals surface area contributed by atoms with Crippen molar-refractivity contribution in [2.45, 2.75) is 13.0 Å². The standard InChI is InChI=1S/C18H18N2O4S/c1-24-18(23)16-14(7-8-25-16)19-17(22)13-9-15(21)20(11-13)10-12-5-3-2-4-6-12/h2-8,13H,9-11H2,1H3,(H,19,22). The van der Waals surface area contributed by atoms with Gasteiger partial charge in [-0.25, -0.2) is 4.79 Å². The van der Waals surface area contributed by atoms with E-state index in [4.69, 9.17) is 4.74 Å². The number of carbonyl (C=O) groups is 3. The Morgan fingerprint density at radius 2 is 2.04 bits per heavy atom. The zero-order valence-corrected chi connectivity index (χ0v) is 14.5. The van der Waals surface area contributed by atoms with Crippen LogP contribution < -0.4 is 5.32 Å². The minimum absolute atomic E-state index is 0.0393. The molecule has 1 N–H and O–H groups in total. The van der Waals surface area contributed by atoms with Gasteiger partial charge in [0.2, 0.25) is 11.8 Å². The number of carbonyl (C=O) groups excluding carboxylic acids is 3. The van der Waals surface area contributed by atoms with Crippen molar-refractivity contribution >= 4 is 34.8 Å². The number of likely N-dealkylation sites (tertiary alicyclic amines) is 1. The van der Waals surface area contributed by atoms with Gasteiger partial charge in [0.05, 0.1) is 18.7 Å². The summed E-state index contributed by atoms with van der Waals surface area (Å²) < 4.78 is 4.70. The lowest BCUT2D eigenvalue weighted by atomic mass is 10.1. The number of nitrogens with zero attached hydrogens (tertiary/aromatic N) is 1. The molecule has 1 fully saturated rings. The topological polar surface area (TPSA) is 75.7 Å². The van der Waals surface area contributed by atoms with Crippen molar-refractivity contribution in [1.29, 1.82) is 0 Å². The first-order valence-electron chi connectivity index (χ1n) is 7.87. The number of nitrogens with one attached hydrogen (secondary N) is 1. The summed E-state index contributed by atoms with van der Waals surface area (Å²) in [6, 6.07) is 11.3. The van der Waals surface area contributed by atoms with Gasteiger partial charge in [0.15, 0.2) is 0 Å². The zero-order valence-electron chi connectivity index (χ0n) is 13.7. The molecule has 1 aromatic carbocycles. The molecule has 3 rings (SSSR count). The molecule has 2 amide bonds. The summed E-state index contributed by atoms with van der Waals surface area (Å²) in [7, 11) is 1.30. The van der Waals surface area contributed by atoms with Crippen LogP contribution in [0.25, 0.3) is 0 Å². The molecule has 1 atom stereocenters. The smallest absolute Gasteiger partial charge is 0.350 e. The molecule has 1 unspecified atom stereocenters. The Balaban J connectivity index is 1.63. The second kappa shape index (κ2) is 7.48. The Kier molecular flexibility index (Phi) is 5.14. The first-order valence-corrected chi connectivity index (χ1v) is 8.75. The largest absolute Gasteiger partial charge is 0.465 e. The van der Waals surface area contributed by atoms with Crippen molar-refractivity contribution in [3.63, 3.8) is 0 Å². The molecule has 130 valence electrons. The van der Waals surface area contributed by atoms with E-state index in [9.17, 15) is 14.4 Å². The Morgan fingerprint density at radius 3 is 2.76 bits per heavy atom. The summed E-state index contributed by atoms with van der Waals surface area (Å²) in [6.07, 6.45) is 0.177. The van der Waals surface area contributed by atoms with Crippen LogP contribution in [0, 0.1) is 5.92 Å². The van der Waals surface area contributed by atoms with Crippen LogP contribution in [-0.4, -0.2) is 36.3 Å². The molecule has 1 aliphatic heterocycles. The van der Waals surface area contributed by atoms with Gasteiger partial charge in [-0.15, -0.1) is 11.3 Å². The number of methoxy groups -OCH3 is 1. The van der Waals surface area contributed by atoms with Crippen molar-refractivity contribution in [1.82, 2.24) is 4.90 Å². The van der Waals surface area contributed by atoms with Crippen molar-refractivity contribution in [2.24, 2.45) is 5.92 Å². The second-order valence-corrected chi connectivity index (χ2v) is 6.72. The lowest BCUT2D eigenvalue weighted by molar-refractivity contribution is -0.128. The van der Waals surface area contributed by atoms with E-state index in [1.54, 1.807) is 16.3 Å². The Bertz CT molecular complexity index is 787. The molecule has 1 saturated heterocycles. The van der Waals surface area contributed by atoms with Gasteiger partial charge >= 0.3 is 5.97 Å². The van der Waals surface area contributed by atoms with Gasteiger partial charge in [-0.2, -0.15) is 0 Å². The molecule has 0 radical (unpaired) electrons. The summed E-state index contributed by atoms with van der Waals surface area (Å²) in [5.74, 6) is -1.21. The fraction of sp³-hybridized carbons (Fsp3) is 0.278. The number of benzene rings is 1. The van der Waals surface area contributed by atoms with Gasteiger partial charge in [0.25, 0.3) is 0 Å². The van der Waals surface area contributed by atoms with Gasteiger partial charge in [-0.05, 0) is 17.0 Å². The minimum Gasteiger partial charge on any atom is -0.465 e. The van der Waals surface area contributed by atoms with E-state index in [-0.39, 0.29) is 18.2 Å². The van der Waals surface area contributed by atoms with Crippen molar-refractivity contribution in [2.75, 3.05) is 19.0 Å². The lowest BCUT2D eigenvalue weighted by Gasteiger charge is -2.16. The van der Waals surface area contributed by atoms with E-state index in [0.717, 1.165) is 5.56 Å². The van der Waals surface area contributed by atoms with Crippen LogP contribution in [0.4, 0.5) is 5.69 Å². The fourth-order valence-electron chi connectivity index (χ4n) is 2.80. The highest BCUT2D eigenvalue weighted by Gasteiger charge is 2.34. The van der Waals surface area contributed by atoms with Gasteiger partial charge < -0.3 is 15.0 Å². The van der Waals surface area contributed by atoms with Crippen molar-refractivity contribution in [3.05, 3.63) is 52.2 Å². The predicted molar refractivity (Wildman–Crippen MR) is 94.3 cm³/mol. The number of anilines is 1. The molecule has 0 spiro atoms. The van der Waals surface area contributed by atoms with E-state index in [0.29, 0.717) is 23.7 Å². The second-order valence-electron chi connectivity index (χ2n) is 5.81. The van der Waals surface area contributed by atoms with Crippen LogP contribution in [0.2, 0.25) is 0 Å². The maximum absolute atomic E-state index is 12.5. The van der Waals surface area contributed by atoms with Crippen molar-refractivity contribution < 1.29 is 19.1 Å². The Morgan fingerprint density at radius 1 is 1.28 bits per heavy atom. The number of ether oxygens (including phenoxy) is 1. The van der Waals surface area contributed by atoms with Gasteiger partial charge in [0.1, 0.15) is 4.88 Å². The van der Waals surface area contributed by atoms with Gasteiger partial charge in [0, 0.05) is 19.5 Å². The van der Waals surface area contributed by atoms with Crippen LogP contribution in [0.15, 0.2) is 41.8 Å². The highest BCUT2D eigenvalue weighted by atomic mass is 32.1. The number of thiophene rings is 1. The van der Waals surface area contributed by atoms with E-state index in [1.807, 2.05) is 30.3 Å². The highest BCUT2D eigenvalue weighted by Crippen LogP contribution is 2.26. The van der Waals surface area contributed by atoms with Crippen LogP contribution >= 0.6 is 11.3 Å². The fourth-order valence-corrected chi connectivity index (χ4v) is 3.56. The molecule has 25 heavy (non-hydrogen) atoms. The zero-order chi connectivity index (χ0) is 17.8. The molecule has 1 aliphatic rings. The van der Waals surface area contributed by atoms with Crippen LogP contribution in [0.1, 0.15) is 21.7 Å². The monoisotopic (exact) mass is 358 g/mol. The molecule has 2 heterocycles. The van der Waals surface area contributed by atoms with Gasteiger partial charge in [-0.1, -0.05) is 30.3 Å². The maximum Gasteiger partial charge on any atom is 0.350 e. The number of amides is 2. The average molecular weight is 358 g/mol. The summed E-state index contributed by atoms with van der Waals surface area (Å²) in [4.78, 5) is 38.4. The summed E-state index contributed by atoms with van der Waals surface area (Å²) in [5, 5.41) is 4.46. The van der Waals surface area contributed by atoms with E-state index in [2.05, 4.69) is 5.32 Å². The SMILES string of the molecule is COC(=O)c1sccc1NC(=O)C1CC(=O)N(Cc2ccccc2)C1. The number of hydrogen-bond acceptors (Lipinski definition) is 5. The van der Waals surface area contributed by atoms with E-state index >= 15 is 0 Å². The normalized spacial score (nSPS) is 16.8. The van der Waals surface area contributed by atoms with E-state index in [1.165, 1.54) is 18.4 Å². The molecular weight excluding hydrogens is 340 g/mol. The third kappa shape index (κ3) is 3.88. The molecule has 7 heteroatoms. The molecule has 0 saturated carbocycles. The number of rotatable bonds is 5. The molecule has 6 nitrogen and oxygen atoms in total. The van der Waals surface area contributed by atoms with Crippen LogP contribution in [0.3, 0.4) is 0 Å². The lowest BCUT2D eigenvalue weighted by Crippen LogP contribution is -2.28. The first kappa shape index (κ1) is 17.2. The quantitative estimate of drug-likeness (QED) is 0.834. The minimum atomic E-state index is -0.487. The summed E-state index contributed by atoms with van der Waals surface area (Å²) in [6.45, 7) is 0.868. The number of esters is 1. The van der Waals surface area contributed by atoms with Crippen LogP contribution in [-0.2, 0) is 20.9 Å². The van der Waals surface area contributed by atoms with Gasteiger partial charge in [-0.3, -0.25) is 9.59 Å². The summed E-state index contributed by atoms with van der Waals surface area (Å²) >= 11 is 1.20. The molecular formula is C18H18N2O4S. The maximum atomic E-state index is 12.5. The van der Waals surface area contributed by atoms with Crippen molar-refractivity contribution in [3.8, 4) is 0 Å². The predicted octanol–water partition coefficient (Wildman–Crippen LogP) is 2.52. The molecule has 0 aliphatic carbocycles. The average Bonchev–Trinajstić information content (AvgIpc) is 3.22. The first-order chi connectivity index (χ1) is 12.1. The summed E-state index contributed by atoms with van der Waals surface area (Å²) in [5.41, 5.74) is 1.46. The third-order valence-corrected chi connectivity index (χ3v) is 4.99. The van der Waals surface area contributed by atoms with E-state index < -0.39 is 11.9 Å². The molecule has 0 bridgehead atoms. The Labute approximate surface area is 149 Å². The molecule has 2 aromatic rings. The highest BCUT2D eigenvalue weighted by molar-refractivity contribution is 7.12. The molecule has 1 aromatic heterocycles. The third-order valence-electron chi connectivity index (χ3n) is 4.10. The van der Waals surface area contributed by atoms with Crippen LogP contribution in [0.5, 0.6) is 0 Å².